The maximum Gasteiger partial charge on any atom is 3.00 e. The molecule has 0 amide bonds. The predicted molar refractivity (Wildman–Crippen MR) is 43.3 cm³/mol. The van der Waals surface area contributed by atoms with Gasteiger partial charge < -0.3 is 48.8 Å². The Kier molecular flexibility index (Phi) is 1840. The molecule has 0 rings (SSSR count). The molecule has 12 nitrogen and oxygen atoms in total. The molecule has 0 saturated carbocycles. The third kappa shape index (κ3) is 391. The molecular weight excluding hydrogens is 239 g/mol. The third-order valence-electron chi connectivity index (χ3n) is 0. The topological polar surface area (TPSA) is 258 Å². The summed E-state index contributed by atoms with van der Waals surface area (Å²) in [5.74, 6) is 0. The predicted octanol–water partition coefficient (Wildman–Crippen LogP) is 2.90. The summed E-state index contributed by atoms with van der Waals surface area (Å²) < 4.78 is 0. The first kappa shape index (κ1) is 61.7. The Balaban J connectivity index is -0.00000000720. The summed E-state index contributed by atoms with van der Waals surface area (Å²) in [4.78, 5) is 24.0. The van der Waals surface area contributed by atoms with Crippen LogP contribution in [0.4, 0.5) is 0 Å². The van der Waals surface area contributed by atoms with Crippen molar-refractivity contribution in [1.82, 2.24) is 0 Å². The molecule has 84 valence electrons. The van der Waals surface area contributed by atoms with Crippen molar-refractivity contribution in [3.8, 4) is 0 Å². The van der Waals surface area contributed by atoms with Crippen LogP contribution in [-0.4, -0.2) is 0 Å². The molecule has 0 aromatic carbocycles. The quantitative estimate of drug-likeness (QED) is 0.456. The number of nitrogens with zero attached hydrogens (tertiary/aromatic N) is 3. The van der Waals surface area contributed by atoms with Gasteiger partial charge in [0.1, 0.15) is 0 Å². The molecule has 6 N–H and O–H groups in total. The van der Waals surface area contributed by atoms with E-state index in [1.54, 1.807) is 0 Å². The standard InChI is InChI=1S/Co.3HNO2.3H2N/c;3*2-1-3;;;/h;3*(H,2,3);3*1H2/q+3;;;;3*-1/p-3. The normalized spacial score (nSPS) is 2.77. The van der Waals surface area contributed by atoms with Crippen LogP contribution >= 0.6 is 0 Å². The Morgan fingerprint density at radius 1 is 0.615 bits per heavy atom. The van der Waals surface area contributed by atoms with Gasteiger partial charge >= 0.3 is 16.8 Å². The number of hydrogen-bond donors (Lipinski definition) is 0. The van der Waals surface area contributed by atoms with E-state index >= 15 is 0 Å². The molecular formula is H6CoN6O6-3. The van der Waals surface area contributed by atoms with Gasteiger partial charge in [0.15, 0.2) is 0 Å². The molecule has 0 spiro atoms. The van der Waals surface area contributed by atoms with Gasteiger partial charge in [-0.1, -0.05) is 0 Å². The zero-order valence-corrected chi connectivity index (χ0v) is 6.90. The molecule has 0 atom stereocenters. The fourth-order valence-electron chi connectivity index (χ4n) is 0. The summed E-state index contributed by atoms with van der Waals surface area (Å²) in [6.07, 6.45) is 0. The average molecular weight is 245 g/mol. The SMILES string of the molecule is O=N[O-].O=N[O-].O=N[O-].[Co+3].[NH2-].[NH2-].[NH2-]. The molecule has 0 heterocycles. The second-order valence-electron chi connectivity index (χ2n) is 0.224. The van der Waals surface area contributed by atoms with Crippen molar-refractivity contribution >= 4 is 0 Å². The molecule has 0 bridgehead atoms. The molecule has 0 fully saturated rings. The van der Waals surface area contributed by atoms with E-state index < -0.39 is 0 Å². The van der Waals surface area contributed by atoms with Gasteiger partial charge in [0.05, 0.1) is 0 Å². The zero-order valence-electron chi connectivity index (χ0n) is 5.86. The monoisotopic (exact) mass is 245 g/mol. The van der Waals surface area contributed by atoms with Crippen LogP contribution in [0.25, 0.3) is 18.5 Å². The molecule has 0 aliphatic rings. The Morgan fingerprint density at radius 3 is 0.615 bits per heavy atom. The summed E-state index contributed by atoms with van der Waals surface area (Å²) in [7, 11) is 0. The van der Waals surface area contributed by atoms with E-state index in [9.17, 15) is 0 Å². The van der Waals surface area contributed by atoms with Crippen LogP contribution < -0.4 is 0 Å². The van der Waals surface area contributed by atoms with Crippen molar-refractivity contribution in [3.05, 3.63) is 48.8 Å². The van der Waals surface area contributed by atoms with Gasteiger partial charge in [-0.2, -0.15) is 0 Å². The van der Waals surface area contributed by atoms with E-state index in [2.05, 4.69) is 0 Å². The van der Waals surface area contributed by atoms with Crippen LogP contribution in [0, 0.1) is 30.3 Å². The largest absolute Gasteiger partial charge is 3.00 e. The summed E-state index contributed by atoms with van der Waals surface area (Å²) in [6, 6.07) is 0. The summed E-state index contributed by atoms with van der Waals surface area (Å²) in [5, 5.41) is 27.0. The second kappa shape index (κ2) is 387. The molecule has 0 unspecified atom stereocenters. The van der Waals surface area contributed by atoms with E-state index in [-0.39, 0.29) is 35.2 Å². The first-order chi connectivity index (χ1) is 4.24. The van der Waals surface area contributed by atoms with Gasteiger partial charge in [0, 0.05) is 0 Å². The molecule has 13 heavy (non-hydrogen) atoms. The van der Waals surface area contributed by atoms with Gasteiger partial charge in [-0.15, -0.1) is 16.0 Å². The first-order valence-corrected chi connectivity index (χ1v) is 1.10. The van der Waals surface area contributed by atoms with Gasteiger partial charge in [0.2, 0.25) is 0 Å². The van der Waals surface area contributed by atoms with Crippen molar-refractivity contribution in [2.45, 2.75) is 0 Å². The Bertz CT molecular complexity index is 53.9. The van der Waals surface area contributed by atoms with Crippen LogP contribution in [0.1, 0.15) is 0 Å². The fraction of sp³-hybridized carbons (Fsp3) is 0. The van der Waals surface area contributed by atoms with Gasteiger partial charge in [-0.25, -0.2) is 0 Å². The van der Waals surface area contributed by atoms with Crippen LogP contribution in [0.15, 0.2) is 16.0 Å². The van der Waals surface area contributed by atoms with Crippen LogP contribution in [-0.2, 0) is 16.8 Å². The van der Waals surface area contributed by atoms with Gasteiger partial charge in [0.25, 0.3) is 0 Å². The van der Waals surface area contributed by atoms with E-state index in [4.69, 9.17) is 30.3 Å². The Morgan fingerprint density at radius 2 is 0.615 bits per heavy atom. The molecule has 0 radical (unpaired) electrons. The minimum Gasteiger partial charge on any atom is -0.693 e. The zero-order chi connectivity index (χ0) is 8.12. The third-order valence-corrected chi connectivity index (χ3v) is 0. The Labute approximate surface area is 82.4 Å². The van der Waals surface area contributed by atoms with E-state index in [0.29, 0.717) is 0 Å². The Hall–Kier alpha value is -1.41. The fourth-order valence-corrected chi connectivity index (χ4v) is 0. The number of hydrogen-bond acceptors (Lipinski definition) is 9. The van der Waals surface area contributed by atoms with Crippen molar-refractivity contribution < 1.29 is 16.8 Å². The molecule has 0 aliphatic heterocycles. The van der Waals surface area contributed by atoms with E-state index in [1.807, 2.05) is 0 Å². The maximum absolute atomic E-state index is 8.00. The van der Waals surface area contributed by atoms with Crippen LogP contribution in [0.5, 0.6) is 0 Å². The molecule has 0 saturated heterocycles. The second-order valence-corrected chi connectivity index (χ2v) is 0.224. The van der Waals surface area contributed by atoms with Crippen molar-refractivity contribution in [1.29, 1.82) is 0 Å². The summed E-state index contributed by atoms with van der Waals surface area (Å²) in [5.41, 5.74) is 0. The van der Waals surface area contributed by atoms with Crippen molar-refractivity contribution in [2.24, 2.45) is 16.0 Å². The molecule has 0 aromatic heterocycles. The van der Waals surface area contributed by atoms with Crippen LogP contribution in [0.3, 0.4) is 0 Å². The number of rotatable bonds is 0. The number of nitrogens with two attached hydrogens (primary N) is 3. The maximum atomic E-state index is 8.00. The molecule has 0 aliphatic carbocycles. The molecule has 0 aromatic rings. The smallest absolute Gasteiger partial charge is 0.693 e. The van der Waals surface area contributed by atoms with E-state index in [1.165, 1.54) is 0 Å². The molecule has 13 heteroatoms. The minimum absolute atomic E-state index is 0. The van der Waals surface area contributed by atoms with E-state index in [0.717, 1.165) is 16.0 Å². The first-order valence-electron chi connectivity index (χ1n) is 1.10. The summed E-state index contributed by atoms with van der Waals surface area (Å²) in [6.45, 7) is 0. The van der Waals surface area contributed by atoms with Crippen molar-refractivity contribution in [3.63, 3.8) is 0 Å². The average Bonchev–Trinajstić information content (AvgIpc) is 1.70. The van der Waals surface area contributed by atoms with Gasteiger partial charge in [-0.05, 0) is 0 Å². The van der Waals surface area contributed by atoms with Gasteiger partial charge in [-0.3, -0.25) is 0 Å². The summed E-state index contributed by atoms with van der Waals surface area (Å²) >= 11 is 0. The van der Waals surface area contributed by atoms with Crippen molar-refractivity contribution in [2.75, 3.05) is 0 Å². The van der Waals surface area contributed by atoms with Crippen LogP contribution in [0.2, 0.25) is 0 Å². The minimum atomic E-state index is 0.